The first-order valence-corrected chi connectivity index (χ1v) is 8.16. The van der Waals surface area contributed by atoms with Crippen LogP contribution in [0.4, 0.5) is 0 Å². The summed E-state index contributed by atoms with van der Waals surface area (Å²) in [5.74, 6) is 6.27. The van der Waals surface area contributed by atoms with Crippen LogP contribution in [0.2, 0.25) is 0 Å². The smallest absolute Gasteiger partial charge is 0.316 e. The van der Waals surface area contributed by atoms with Gasteiger partial charge in [0.25, 0.3) is 0 Å². The van der Waals surface area contributed by atoms with E-state index >= 15 is 0 Å². The summed E-state index contributed by atoms with van der Waals surface area (Å²) in [6.45, 7) is 0.248. The lowest BCUT2D eigenvalue weighted by atomic mass is 10.2. The fraction of sp³-hybridized carbons (Fsp3) is 0.125. The summed E-state index contributed by atoms with van der Waals surface area (Å²) in [5.41, 5.74) is 1.75. The third-order valence-corrected chi connectivity index (χ3v) is 4.08. The van der Waals surface area contributed by atoms with Crippen molar-refractivity contribution in [1.29, 1.82) is 0 Å². The van der Waals surface area contributed by atoms with Crippen molar-refractivity contribution < 1.29 is 9.53 Å². The van der Waals surface area contributed by atoms with Crippen LogP contribution >= 0.6 is 11.8 Å². The Morgan fingerprint density at radius 1 is 1.12 bits per heavy atom. The van der Waals surface area contributed by atoms with Crippen LogP contribution in [0.15, 0.2) is 60.0 Å². The number of esters is 1. The van der Waals surface area contributed by atoms with Gasteiger partial charge in [0.05, 0.1) is 5.75 Å². The monoisotopic (exact) mass is 341 g/mol. The van der Waals surface area contributed by atoms with Gasteiger partial charge in [-0.2, -0.15) is 0 Å². The Kier molecular flexibility index (Phi) is 5.07. The molecule has 8 heteroatoms. The van der Waals surface area contributed by atoms with Gasteiger partial charge in [-0.1, -0.05) is 42.1 Å². The number of thioether (sulfide) groups is 1. The highest BCUT2D eigenvalue weighted by atomic mass is 32.2. The van der Waals surface area contributed by atoms with E-state index < -0.39 is 0 Å². The number of aromatic nitrogens is 4. The van der Waals surface area contributed by atoms with Crippen molar-refractivity contribution in [2.75, 3.05) is 11.6 Å². The van der Waals surface area contributed by atoms with Gasteiger partial charge in [0.2, 0.25) is 5.16 Å². The standard InChI is InChI=1S/C16H15N5O2S/c17-21-15(13-6-8-18-9-7-13)19-20-16(21)24-11-14(22)23-10-12-4-2-1-3-5-12/h1-9H,10-11,17H2. The molecular weight excluding hydrogens is 326 g/mol. The fourth-order valence-electron chi connectivity index (χ4n) is 1.98. The highest BCUT2D eigenvalue weighted by molar-refractivity contribution is 7.99. The zero-order valence-electron chi connectivity index (χ0n) is 12.7. The molecule has 2 N–H and O–H groups in total. The molecule has 0 saturated carbocycles. The number of rotatable bonds is 6. The molecule has 3 rings (SSSR count). The summed E-state index contributed by atoms with van der Waals surface area (Å²) in [6.07, 6.45) is 3.30. The minimum atomic E-state index is -0.336. The van der Waals surface area contributed by atoms with E-state index in [-0.39, 0.29) is 18.3 Å². The van der Waals surface area contributed by atoms with Crippen LogP contribution in [0.25, 0.3) is 11.4 Å². The lowest BCUT2D eigenvalue weighted by Crippen LogP contribution is -2.13. The number of ether oxygens (including phenoxy) is 1. The molecule has 0 atom stereocenters. The number of nitrogens with zero attached hydrogens (tertiary/aromatic N) is 4. The summed E-state index contributed by atoms with van der Waals surface area (Å²) in [4.78, 5) is 15.8. The Hall–Kier alpha value is -2.87. The van der Waals surface area contributed by atoms with E-state index in [1.165, 1.54) is 16.4 Å². The van der Waals surface area contributed by atoms with E-state index in [1.807, 2.05) is 30.3 Å². The second-order valence-electron chi connectivity index (χ2n) is 4.85. The number of pyridine rings is 1. The molecule has 0 aliphatic heterocycles. The summed E-state index contributed by atoms with van der Waals surface area (Å²) in [7, 11) is 0. The quantitative estimate of drug-likeness (QED) is 0.415. The van der Waals surface area contributed by atoms with E-state index in [4.69, 9.17) is 10.6 Å². The van der Waals surface area contributed by atoms with Gasteiger partial charge in [0.15, 0.2) is 5.82 Å². The molecule has 0 aliphatic carbocycles. The van der Waals surface area contributed by atoms with Crippen LogP contribution in [-0.2, 0) is 16.1 Å². The third-order valence-electron chi connectivity index (χ3n) is 3.16. The second-order valence-corrected chi connectivity index (χ2v) is 5.79. The summed E-state index contributed by atoms with van der Waals surface area (Å²) in [5, 5.41) is 8.49. The number of nitrogen functional groups attached to an aromatic ring is 1. The van der Waals surface area contributed by atoms with Crippen molar-refractivity contribution in [2.24, 2.45) is 0 Å². The van der Waals surface area contributed by atoms with Gasteiger partial charge in [-0.05, 0) is 17.7 Å². The molecule has 0 amide bonds. The lowest BCUT2D eigenvalue weighted by molar-refractivity contribution is -0.141. The second kappa shape index (κ2) is 7.60. The molecule has 2 aromatic heterocycles. The van der Waals surface area contributed by atoms with Crippen LogP contribution in [0.1, 0.15) is 5.56 Å². The molecule has 122 valence electrons. The van der Waals surface area contributed by atoms with E-state index in [2.05, 4.69) is 15.2 Å². The van der Waals surface area contributed by atoms with Crippen molar-refractivity contribution in [3.05, 3.63) is 60.4 Å². The molecule has 1 aromatic carbocycles. The third kappa shape index (κ3) is 3.90. The maximum Gasteiger partial charge on any atom is 0.316 e. The van der Waals surface area contributed by atoms with Crippen molar-refractivity contribution in [2.45, 2.75) is 11.8 Å². The van der Waals surface area contributed by atoms with E-state index in [9.17, 15) is 4.79 Å². The molecule has 0 fully saturated rings. The predicted molar refractivity (Wildman–Crippen MR) is 90.4 cm³/mol. The molecule has 0 unspecified atom stereocenters. The van der Waals surface area contributed by atoms with Gasteiger partial charge < -0.3 is 10.6 Å². The SMILES string of the molecule is Nn1c(SCC(=O)OCc2ccccc2)nnc1-c1ccncc1. The molecule has 0 saturated heterocycles. The molecule has 7 nitrogen and oxygen atoms in total. The molecular formula is C16H15N5O2S. The van der Waals surface area contributed by atoms with Gasteiger partial charge in [-0.15, -0.1) is 10.2 Å². The van der Waals surface area contributed by atoms with E-state index in [1.54, 1.807) is 24.5 Å². The Labute approximate surface area is 142 Å². The molecule has 0 radical (unpaired) electrons. The van der Waals surface area contributed by atoms with Gasteiger partial charge in [0.1, 0.15) is 6.61 Å². The van der Waals surface area contributed by atoms with Gasteiger partial charge in [-0.25, -0.2) is 4.68 Å². The van der Waals surface area contributed by atoms with Gasteiger partial charge in [-0.3, -0.25) is 9.78 Å². The van der Waals surface area contributed by atoms with Crippen LogP contribution < -0.4 is 5.84 Å². The van der Waals surface area contributed by atoms with E-state index in [0.717, 1.165) is 11.1 Å². The first-order valence-electron chi connectivity index (χ1n) is 7.17. The molecule has 24 heavy (non-hydrogen) atoms. The number of hydrogen-bond acceptors (Lipinski definition) is 7. The van der Waals surface area contributed by atoms with Gasteiger partial charge in [0, 0.05) is 18.0 Å². The van der Waals surface area contributed by atoms with Crippen molar-refractivity contribution in [3.8, 4) is 11.4 Å². The Morgan fingerprint density at radius 3 is 2.62 bits per heavy atom. The average molecular weight is 341 g/mol. The van der Waals surface area contributed by atoms with E-state index in [0.29, 0.717) is 11.0 Å². The minimum Gasteiger partial charge on any atom is -0.460 e. The molecule has 0 aliphatic rings. The summed E-state index contributed by atoms with van der Waals surface area (Å²) in [6, 6.07) is 13.1. The number of nitrogens with two attached hydrogens (primary N) is 1. The van der Waals surface area contributed by atoms with Crippen molar-refractivity contribution >= 4 is 17.7 Å². The number of benzene rings is 1. The number of carbonyl (C=O) groups is 1. The number of carbonyl (C=O) groups excluding carboxylic acids is 1. The molecule has 0 spiro atoms. The van der Waals surface area contributed by atoms with Crippen LogP contribution in [0, 0.1) is 0 Å². The van der Waals surface area contributed by atoms with Crippen LogP contribution in [0.3, 0.4) is 0 Å². The molecule has 0 bridgehead atoms. The number of hydrogen-bond donors (Lipinski definition) is 1. The van der Waals surface area contributed by atoms with Crippen LogP contribution in [0.5, 0.6) is 0 Å². The van der Waals surface area contributed by atoms with Gasteiger partial charge >= 0.3 is 5.97 Å². The highest BCUT2D eigenvalue weighted by Crippen LogP contribution is 2.21. The maximum absolute atomic E-state index is 11.8. The normalized spacial score (nSPS) is 10.5. The Balaban J connectivity index is 1.55. The van der Waals surface area contributed by atoms with Crippen LogP contribution in [-0.4, -0.2) is 31.6 Å². The zero-order chi connectivity index (χ0) is 16.8. The average Bonchev–Trinajstić information content (AvgIpc) is 3.00. The first-order chi connectivity index (χ1) is 11.7. The maximum atomic E-state index is 11.8. The topological polar surface area (TPSA) is 95.9 Å². The zero-order valence-corrected chi connectivity index (χ0v) is 13.5. The summed E-state index contributed by atoms with van der Waals surface area (Å²) < 4.78 is 6.57. The molecule has 3 aromatic rings. The Morgan fingerprint density at radius 2 is 1.88 bits per heavy atom. The van der Waals surface area contributed by atoms with Crippen molar-refractivity contribution in [3.63, 3.8) is 0 Å². The summed E-state index contributed by atoms with van der Waals surface area (Å²) >= 11 is 1.18. The minimum absolute atomic E-state index is 0.110. The lowest BCUT2D eigenvalue weighted by Gasteiger charge is -2.05. The first kappa shape index (κ1) is 16.0. The van der Waals surface area contributed by atoms with Crippen molar-refractivity contribution in [1.82, 2.24) is 19.9 Å². The fourth-order valence-corrected chi connectivity index (χ4v) is 2.63. The largest absolute Gasteiger partial charge is 0.460 e. The molecule has 2 heterocycles. The predicted octanol–water partition coefficient (Wildman–Crippen LogP) is 1.89. The highest BCUT2D eigenvalue weighted by Gasteiger charge is 2.14. The Bertz CT molecular complexity index is 808.